The average Bonchev–Trinajstić information content (AvgIpc) is 3.72. The van der Waals surface area contributed by atoms with Gasteiger partial charge in [-0.05, 0) is 60.9 Å². The topological polar surface area (TPSA) is 126 Å². The number of anilines is 1. The Balaban J connectivity index is 1.25. The van der Waals surface area contributed by atoms with E-state index in [0.29, 0.717) is 28.4 Å². The number of carboxylic acids is 1. The van der Waals surface area contributed by atoms with E-state index in [1.807, 2.05) is 52.5 Å². The predicted octanol–water partition coefficient (Wildman–Crippen LogP) is 6.61. The number of hydrogen-bond donors (Lipinski definition) is 3. The molecule has 3 N–H and O–H groups in total. The highest BCUT2D eigenvalue weighted by molar-refractivity contribution is 7.07. The standard InChI is InChI=1S/C35H33N5O4S/c41-32(42)18-13-23-11-15-26(16-12-23)37-35(44)31(20-27-21-45-22-36-27)38-34(43)25-14-17-29-30(19-25)39-40(28-9-5-2-6-10-28)33(29)24-7-3-1-4-8-24/h2,5-6,9-19,21-22,24,31H,1,3-4,7-8,20H2,(H,37,44)(H,38,43)(H,41,42)/b18-13+/t31-/m0/s1. The number of amides is 2. The van der Waals surface area contributed by atoms with Crippen LogP contribution in [0.5, 0.6) is 0 Å². The summed E-state index contributed by atoms with van der Waals surface area (Å²) in [5.41, 5.74) is 6.93. The zero-order valence-corrected chi connectivity index (χ0v) is 25.4. The van der Waals surface area contributed by atoms with E-state index in [2.05, 4.69) is 15.6 Å². The summed E-state index contributed by atoms with van der Waals surface area (Å²) in [5, 5.41) is 22.5. The van der Waals surface area contributed by atoms with Gasteiger partial charge in [0.2, 0.25) is 5.91 Å². The number of thiazole rings is 1. The van der Waals surface area contributed by atoms with E-state index >= 15 is 0 Å². The van der Waals surface area contributed by atoms with Crippen LogP contribution in [0.25, 0.3) is 22.7 Å². The Morgan fingerprint density at radius 3 is 2.49 bits per heavy atom. The van der Waals surface area contributed by atoms with Gasteiger partial charge < -0.3 is 15.7 Å². The average molecular weight is 620 g/mol. The Morgan fingerprint density at radius 1 is 1.00 bits per heavy atom. The van der Waals surface area contributed by atoms with E-state index in [1.165, 1.54) is 42.4 Å². The van der Waals surface area contributed by atoms with E-state index in [0.717, 1.165) is 35.5 Å². The van der Waals surface area contributed by atoms with Crippen LogP contribution in [0, 0.1) is 0 Å². The van der Waals surface area contributed by atoms with E-state index in [9.17, 15) is 14.4 Å². The molecule has 0 aliphatic heterocycles. The maximum atomic E-state index is 13.6. The van der Waals surface area contributed by atoms with Crippen molar-refractivity contribution in [2.24, 2.45) is 0 Å². The summed E-state index contributed by atoms with van der Waals surface area (Å²) in [6, 6.07) is 21.6. The monoisotopic (exact) mass is 619 g/mol. The third-order valence-electron chi connectivity index (χ3n) is 8.08. The summed E-state index contributed by atoms with van der Waals surface area (Å²) >= 11 is 1.42. The molecule has 0 bridgehead atoms. The smallest absolute Gasteiger partial charge is 0.328 e. The molecule has 0 radical (unpaired) electrons. The molecule has 5 aromatic rings. The van der Waals surface area contributed by atoms with Gasteiger partial charge in [-0.15, -0.1) is 11.3 Å². The number of rotatable bonds is 10. The van der Waals surface area contributed by atoms with E-state index in [-0.39, 0.29) is 18.2 Å². The van der Waals surface area contributed by atoms with Gasteiger partial charge in [-0.25, -0.2) is 14.5 Å². The molecule has 1 aliphatic rings. The minimum absolute atomic E-state index is 0.219. The number of nitrogens with one attached hydrogen (secondary N) is 2. The third kappa shape index (κ3) is 7.18. The van der Waals surface area contributed by atoms with Gasteiger partial charge in [0, 0.05) is 40.4 Å². The van der Waals surface area contributed by atoms with Crippen LogP contribution in [0.1, 0.15) is 65.3 Å². The van der Waals surface area contributed by atoms with Crippen molar-refractivity contribution in [2.75, 3.05) is 5.32 Å². The third-order valence-corrected chi connectivity index (χ3v) is 8.71. The summed E-state index contributed by atoms with van der Waals surface area (Å²) in [5.74, 6) is -1.41. The molecule has 2 aromatic heterocycles. The van der Waals surface area contributed by atoms with Crippen molar-refractivity contribution in [3.05, 3.63) is 112 Å². The molecule has 9 nitrogen and oxygen atoms in total. The van der Waals surface area contributed by atoms with Gasteiger partial charge in [-0.2, -0.15) is 5.10 Å². The van der Waals surface area contributed by atoms with Crippen LogP contribution in [0.15, 0.2) is 89.8 Å². The molecule has 1 fully saturated rings. The number of aliphatic carboxylic acids is 1. The summed E-state index contributed by atoms with van der Waals surface area (Å²) in [7, 11) is 0. The number of fused-ring (bicyclic) bond motifs is 1. The van der Waals surface area contributed by atoms with Crippen LogP contribution in [-0.2, 0) is 16.0 Å². The lowest BCUT2D eigenvalue weighted by molar-refractivity contribution is -0.131. The van der Waals surface area contributed by atoms with Crippen molar-refractivity contribution in [3.63, 3.8) is 0 Å². The van der Waals surface area contributed by atoms with Crippen molar-refractivity contribution >= 4 is 51.8 Å². The molecule has 2 heterocycles. The van der Waals surface area contributed by atoms with Crippen LogP contribution in [0.3, 0.4) is 0 Å². The highest BCUT2D eigenvalue weighted by Gasteiger charge is 2.26. The molecule has 0 unspecified atom stereocenters. The molecule has 0 spiro atoms. The van der Waals surface area contributed by atoms with Gasteiger partial charge in [0.15, 0.2) is 0 Å². The lowest BCUT2D eigenvalue weighted by Crippen LogP contribution is -2.45. The molecule has 10 heteroatoms. The molecule has 3 aromatic carbocycles. The first-order valence-corrected chi connectivity index (χ1v) is 16.0. The fraction of sp³-hybridized carbons (Fsp3) is 0.229. The van der Waals surface area contributed by atoms with Crippen LogP contribution >= 0.6 is 11.3 Å². The van der Waals surface area contributed by atoms with Crippen LogP contribution in [-0.4, -0.2) is 43.7 Å². The SMILES string of the molecule is O=C(O)/C=C/c1ccc(NC(=O)[C@H](Cc2cscn2)NC(=O)c2ccc3c(C4CCCCC4)n(-c4ccccc4)nc3c2)cc1. The number of benzene rings is 3. The molecular formula is C35H33N5O4S. The normalized spacial score (nSPS) is 14.4. The molecule has 45 heavy (non-hydrogen) atoms. The van der Waals surface area contributed by atoms with Crippen molar-refractivity contribution in [3.8, 4) is 5.69 Å². The van der Waals surface area contributed by atoms with E-state index < -0.39 is 12.0 Å². The zero-order chi connectivity index (χ0) is 31.2. The lowest BCUT2D eigenvalue weighted by atomic mass is 9.85. The maximum absolute atomic E-state index is 13.6. The molecule has 2 amide bonds. The number of nitrogens with zero attached hydrogens (tertiary/aromatic N) is 3. The van der Waals surface area contributed by atoms with Crippen molar-refractivity contribution < 1.29 is 19.5 Å². The van der Waals surface area contributed by atoms with Gasteiger partial charge >= 0.3 is 5.97 Å². The van der Waals surface area contributed by atoms with Gasteiger partial charge in [0.25, 0.3) is 5.91 Å². The minimum Gasteiger partial charge on any atom is -0.478 e. The number of hydrogen-bond acceptors (Lipinski definition) is 6. The Kier molecular flexibility index (Phi) is 9.11. The summed E-state index contributed by atoms with van der Waals surface area (Å²) in [4.78, 5) is 42.2. The van der Waals surface area contributed by atoms with Gasteiger partial charge in [-0.3, -0.25) is 9.59 Å². The van der Waals surface area contributed by atoms with Crippen LogP contribution < -0.4 is 10.6 Å². The van der Waals surface area contributed by atoms with Gasteiger partial charge in [-0.1, -0.05) is 55.7 Å². The molecule has 0 saturated heterocycles. The molecule has 6 rings (SSSR count). The van der Waals surface area contributed by atoms with Gasteiger partial charge in [0.05, 0.1) is 28.1 Å². The van der Waals surface area contributed by atoms with Crippen molar-refractivity contribution in [1.82, 2.24) is 20.1 Å². The second-order valence-electron chi connectivity index (χ2n) is 11.2. The summed E-state index contributed by atoms with van der Waals surface area (Å²) in [6.07, 6.45) is 8.61. The highest BCUT2D eigenvalue weighted by Crippen LogP contribution is 2.38. The quantitative estimate of drug-likeness (QED) is 0.151. The maximum Gasteiger partial charge on any atom is 0.328 e. The summed E-state index contributed by atoms with van der Waals surface area (Å²) in [6.45, 7) is 0. The van der Waals surface area contributed by atoms with Gasteiger partial charge in [0.1, 0.15) is 6.04 Å². The first kappa shape index (κ1) is 30.0. The number of carbonyl (C=O) groups is 3. The first-order chi connectivity index (χ1) is 21.9. The largest absolute Gasteiger partial charge is 0.478 e. The molecule has 228 valence electrons. The fourth-order valence-electron chi connectivity index (χ4n) is 5.86. The first-order valence-electron chi connectivity index (χ1n) is 15.0. The molecular weight excluding hydrogens is 586 g/mol. The second-order valence-corrected chi connectivity index (χ2v) is 11.9. The Morgan fingerprint density at radius 2 is 1.78 bits per heavy atom. The zero-order valence-electron chi connectivity index (χ0n) is 24.6. The fourth-order valence-corrected chi connectivity index (χ4v) is 6.43. The number of para-hydroxylation sites is 1. The molecule has 1 saturated carbocycles. The molecule has 1 aliphatic carbocycles. The molecule has 1 atom stereocenters. The number of carboxylic acid groups (broad SMARTS) is 1. The van der Waals surface area contributed by atoms with E-state index in [4.69, 9.17) is 10.2 Å². The second kappa shape index (κ2) is 13.7. The van der Waals surface area contributed by atoms with E-state index in [1.54, 1.807) is 35.8 Å². The highest BCUT2D eigenvalue weighted by atomic mass is 32.1. The lowest BCUT2D eigenvalue weighted by Gasteiger charge is -2.23. The van der Waals surface area contributed by atoms with Crippen LogP contribution in [0.2, 0.25) is 0 Å². The van der Waals surface area contributed by atoms with Crippen molar-refractivity contribution in [1.29, 1.82) is 0 Å². The minimum atomic E-state index is -1.04. The Bertz CT molecular complexity index is 1830. The number of aromatic nitrogens is 3. The number of carbonyl (C=O) groups excluding carboxylic acids is 2. The predicted molar refractivity (Wildman–Crippen MR) is 176 cm³/mol. The Hall–Kier alpha value is -5.09. The van der Waals surface area contributed by atoms with Crippen molar-refractivity contribution in [2.45, 2.75) is 50.5 Å². The van der Waals surface area contributed by atoms with Crippen LogP contribution in [0.4, 0.5) is 5.69 Å². The Labute approximate surface area is 264 Å². The summed E-state index contributed by atoms with van der Waals surface area (Å²) < 4.78 is 2.03.